The van der Waals surface area contributed by atoms with Crippen molar-refractivity contribution in [2.45, 2.75) is 70.2 Å². The Morgan fingerprint density at radius 1 is 0.333 bits per heavy atom. The molecule has 10 aromatic carbocycles. The molecule has 0 aliphatic carbocycles. The van der Waals surface area contributed by atoms with Gasteiger partial charge in [-0.1, -0.05) is 119 Å². The van der Waals surface area contributed by atoms with Gasteiger partial charge in [0.1, 0.15) is 68.9 Å². The third-order valence-corrected chi connectivity index (χ3v) is 17.7. The molecule has 4 amide bonds. The maximum Gasteiger partial charge on any atom is 0.349 e. The van der Waals surface area contributed by atoms with E-state index in [0.29, 0.717) is 28.8 Å². The summed E-state index contributed by atoms with van der Waals surface area (Å²) in [7, 11) is 0. The topological polar surface area (TPSA) is 233 Å². The highest BCUT2D eigenvalue weighted by molar-refractivity contribution is 6.25. The summed E-state index contributed by atoms with van der Waals surface area (Å²) in [5, 5.41) is 0. The Morgan fingerprint density at radius 2 is 0.640 bits per heavy atom. The number of esters is 6. The van der Waals surface area contributed by atoms with Gasteiger partial charge in [-0.3, -0.25) is 29.0 Å². The van der Waals surface area contributed by atoms with Gasteiger partial charge in [-0.15, -0.1) is 0 Å². The SMILES string of the molecule is C.C.C.C.C.C.CC1C(=O)N(c2ccc(OC(=O)/C=C/c3ccc(OC(=O)c4c(F)cccc4F)cc3)cc2)C(=O)C1C(c1ccc(OC(=O)/C=C/c2ccc(OC(=O)c3c(F)cccc3F)cc2)cc1)C1C(=O)N(c2ccc(OC(=O)c3ccc(F)c(F)c3)cc2)C(=O)C1C(C)c1ccc(OC(=O)c2ccc(F)c(F)c2)cc1. The number of carbonyl (C=O) groups excluding carboxylic acids is 10. The van der Waals surface area contributed by atoms with Crippen LogP contribution >= 0.6 is 0 Å². The minimum Gasteiger partial charge on any atom is -0.423 e. The van der Waals surface area contributed by atoms with Crippen molar-refractivity contribution >= 4 is 83.0 Å². The largest absolute Gasteiger partial charge is 0.423 e. The molecule has 0 radical (unpaired) electrons. The zero-order valence-corrected chi connectivity index (χ0v) is 56.0. The van der Waals surface area contributed by atoms with Gasteiger partial charge in [0.15, 0.2) is 23.3 Å². The monoisotopic (exact) mass is 1570 g/mol. The predicted octanol–water partition coefficient (Wildman–Crippen LogP) is 19.2. The molecule has 0 bridgehead atoms. The lowest BCUT2D eigenvalue weighted by Crippen LogP contribution is -2.38. The molecule has 6 atom stereocenters. The Kier molecular flexibility index (Phi) is 29.9. The Hall–Kier alpha value is -13.8. The second-order valence-corrected chi connectivity index (χ2v) is 24.5. The lowest BCUT2D eigenvalue weighted by atomic mass is 9.66. The lowest BCUT2D eigenvalue weighted by molar-refractivity contribution is -0.129. The fraction of sp³-hybridized carbons (Fsp3) is 0.159. The normalized spacial score (nSPS) is 15.3. The second kappa shape index (κ2) is 38.2. The average molecular weight is 1570 g/mol. The van der Waals surface area contributed by atoms with E-state index in [1.807, 2.05) is 0 Å². The summed E-state index contributed by atoms with van der Waals surface area (Å²) in [6.07, 6.45) is 4.79. The molecule has 2 aliphatic rings. The van der Waals surface area contributed by atoms with Gasteiger partial charge in [-0.25, -0.2) is 63.9 Å². The van der Waals surface area contributed by atoms with Gasteiger partial charge in [0, 0.05) is 24.0 Å². The first-order chi connectivity index (χ1) is 51.8. The third-order valence-electron chi connectivity index (χ3n) is 17.7. The summed E-state index contributed by atoms with van der Waals surface area (Å²) in [5.74, 6) is -28.3. The number of hydrogen-bond donors (Lipinski definition) is 0. The molecule has 18 nitrogen and oxygen atoms in total. The molecule has 6 unspecified atom stereocenters. The minimum atomic E-state index is -1.60. The molecular formula is C88H76F8N2O16. The number of carbonyl (C=O) groups is 10. The summed E-state index contributed by atoms with van der Waals surface area (Å²) in [6, 6.07) is 42.8. The summed E-state index contributed by atoms with van der Waals surface area (Å²) in [5.41, 5.74) is -1.27. The summed E-state index contributed by atoms with van der Waals surface area (Å²) < 4.78 is 145. The molecule has 590 valence electrons. The third kappa shape index (κ3) is 19.5. The first-order valence-electron chi connectivity index (χ1n) is 32.6. The van der Waals surface area contributed by atoms with Gasteiger partial charge < -0.3 is 28.4 Å². The van der Waals surface area contributed by atoms with E-state index >= 15 is 14.4 Å². The van der Waals surface area contributed by atoms with E-state index in [0.717, 1.165) is 82.6 Å². The average Bonchev–Trinajstić information content (AvgIpc) is 1.57. The molecule has 0 aromatic heterocycles. The molecule has 2 saturated heterocycles. The van der Waals surface area contributed by atoms with Gasteiger partial charge in [0.2, 0.25) is 23.6 Å². The molecule has 0 spiro atoms. The number of ether oxygens (including phenoxy) is 6. The molecule has 26 heteroatoms. The standard InChI is InChI=1S/C82H52F8N2O16.6CH4/c1-43(47-15-29-57(30-16-47)105-79(99)49-19-37-59(83)65(89)41-49)69-74(78(98)92(76(69)96)52-23-35-58(36-24-52)106-80(100)50-20-38-60(84)66(90)42-50)71(48-17-31-53(32-18-48)103-67(93)39-13-45-9-25-55(26-10-45)107-81(101)72-61(85)5-3-6-62(72)86)70-44(2)75(95)91(77(70)97)51-21-33-54(34-22-51)104-68(94)40-14-46-11-27-56(28-12-46)108-82(102)73-63(87)7-4-8-64(73)88;;;;;;/h3-44,69-71,74H,1-2H3;6*1H4/b39-13+,40-14+;;;;;;. The van der Waals surface area contributed by atoms with Gasteiger partial charge >= 0.3 is 35.8 Å². The summed E-state index contributed by atoms with van der Waals surface area (Å²) >= 11 is 0. The fourth-order valence-electron chi connectivity index (χ4n) is 12.4. The van der Waals surface area contributed by atoms with E-state index in [2.05, 4.69) is 0 Å². The quantitative estimate of drug-likeness (QED) is 0.0214. The second-order valence-electron chi connectivity index (χ2n) is 24.5. The first-order valence-corrected chi connectivity index (χ1v) is 32.6. The summed E-state index contributed by atoms with van der Waals surface area (Å²) in [6.45, 7) is 3.05. The molecule has 12 rings (SSSR count). The number of amides is 4. The molecule has 0 N–H and O–H groups in total. The zero-order chi connectivity index (χ0) is 76.8. The minimum absolute atomic E-state index is 0. The van der Waals surface area contributed by atoms with E-state index in [1.54, 1.807) is 6.92 Å². The molecular weight excluding hydrogens is 1490 g/mol. The van der Waals surface area contributed by atoms with Crippen molar-refractivity contribution in [1.29, 1.82) is 0 Å². The van der Waals surface area contributed by atoms with Gasteiger partial charge in [-0.2, -0.15) is 0 Å². The molecule has 114 heavy (non-hydrogen) atoms. The number of nitrogens with zero attached hydrogens (tertiary/aromatic N) is 2. The van der Waals surface area contributed by atoms with Crippen LogP contribution in [0.2, 0.25) is 0 Å². The Balaban J connectivity index is 0.00000337. The number of imide groups is 2. The van der Waals surface area contributed by atoms with Crippen LogP contribution in [-0.4, -0.2) is 59.4 Å². The highest BCUT2D eigenvalue weighted by Crippen LogP contribution is 2.53. The number of anilines is 2. The highest BCUT2D eigenvalue weighted by atomic mass is 19.2. The van der Waals surface area contributed by atoms with Crippen molar-refractivity contribution in [3.63, 3.8) is 0 Å². The number of halogens is 8. The smallest absolute Gasteiger partial charge is 0.349 e. The van der Waals surface area contributed by atoms with E-state index in [1.165, 1.54) is 165 Å². The number of hydrogen-bond acceptors (Lipinski definition) is 16. The van der Waals surface area contributed by atoms with Crippen molar-refractivity contribution in [2.24, 2.45) is 23.7 Å². The van der Waals surface area contributed by atoms with Gasteiger partial charge in [0.25, 0.3) is 0 Å². The van der Waals surface area contributed by atoms with Crippen LogP contribution in [0.4, 0.5) is 46.5 Å². The van der Waals surface area contributed by atoms with Crippen LogP contribution in [0.1, 0.15) is 134 Å². The van der Waals surface area contributed by atoms with Crippen molar-refractivity contribution in [3.05, 3.63) is 322 Å². The van der Waals surface area contributed by atoms with E-state index in [9.17, 15) is 68.7 Å². The summed E-state index contributed by atoms with van der Waals surface area (Å²) in [4.78, 5) is 142. The molecule has 2 fully saturated rings. The first kappa shape index (κ1) is 89.1. The predicted molar refractivity (Wildman–Crippen MR) is 409 cm³/mol. The van der Waals surface area contributed by atoms with Crippen LogP contribution in [0, 0.1) is 70.2 Å². The van der Waals surface area contributed by atoms with Crippen molar-refractivity contribution in [1.82, 2.24) is 0 Å². The highest BCUT2D eigenvalue weighted by Gasteiger charge is 2.60. The van der Waals surface area contributed by atoms with Crippen LogP contribution in [-0.2, 0) is 28.8 Å². The Morgan fingerprint density at radius 3 is 1.01 bits per heavy atom. The maximum absolute atomic E-state index is 15.9. The van der Waals surface area contributed by atoms with Crippen LogP contribution in [0.15, 0.2) is 231 Å². The van der Waals surface area contributed by atoms with Crippen molar-refractivity contribution < 1.29 is 111 Å². The van der Waals surface area contributed by atoms with Crippen LogP contribution in [0.5, 0.6) is 34.5 Å². The van der Waals surface area contributed by atoms with Crippen molar-refractivity contribution in [3.8, 4) is 34.5 Å². The molecule has 10 aromatic rings. The fourth-order valence-corrected chi connectivity index (χ4v) is 12.4. The molecule has 0 saturated carbocycles. The Labute approximate surface area is 651 Å². The lowest BCUT2D eigenvalue weighted by Gasteiger charge is -2.33. The van der Waals surface area contributed by atoms with Crippen molar-refractivity contribution in [2.75, 3.05) is 9.80 Å². The van der Waals surface area contributed by atoms with E-state index in [-0.39, 0.29) is 107 Å². The maximum atomic E-state index is 15.9. The van der Waals surface area contributed by atoms with Crippen LogP contribution in [0.25, 0.3) is 12.2 Å². The van der Waals surface area contributed by atoms with Gasteiger partial charge in [0.05, 0.1) is 40.3 Å². The van der Waals surface area contributed by atoms with Crippen LogP contribution < -0.4 is 38.2 Å². The van der Waals surface area contributed by atoms with E-state index in [4.69, 9.17) is 28.4 Å². The number of rotatable bonds is 21. The zero-order valence-electron chi connectivity index (χ0n) is 56.0. The Bertz CT molecular complexity index is 5270. The van der Waals surface area contributed by atoms with Crippen LogP contribution in [0.3, 0.4) is 0 Å². The number of benzene rings is 10. The van der Waals surface area contributed by atoms with Gasteiger partial charge in [-0.05, 0) is 198 Å². The van der Waals surface area contributed by atoms with E-state index < -0.39 is 153 Å². The molecule has 2 aliphatic heterocycles. The molecule has 2 heterocycles.